The molecule has 0 radical (unpaired) electrons. The van der Waals surface area contributed by atoms with Gasteiger partial charge in [0.15, 0.2) is 0 Å². The van der Waals surface area contributed by atoms with Gasteiger partial charge in [0.05, 0.1) is 5.39 Å². The molecule has 0 aliphatic heterocycles. The normalized spacial score (nSPS) is 8.57. The third-order valence-electron chi connectivity index (χ3n) is 2.47. The van der Waals surface area contributed by atoms with Gasteiger partial charge in [-0.3, -0.25) is 4.79 Å². The van der Waals surface area contributed by atoms with E-state index >= 15 is 0 Å². The van der Waals surface area contributed by atoms with Crippen LogP contribution in [0.4, 0.5) is 0 Å². The Hall–Kier alpha value is -2.66. The zero-order valence-corrected chi connectivity index (χ0v) is 14.3. The average molecular weight is 314 g/mol. The molecule has 124 valence electrons. The van der Waals surface area contributed by atoms with Crippen molar-refractivity contribution in [3.05, 3.63) is 65.6 Å². The molecule has 1 aromatic carbocycles. The monoisotopic (exact) mass is 314 g/mol. The maximum atomic E-state index is 11.7. The van der Waals surface area contributed by atoms with Crippen molar-refractivity contribution in [3.63, 3.8) is 0 Å². The lowest BCUT2D eigenvalue weighted by Crippen LogP contribution is -2.08. The second-order valence-electron chi connectivity index (χ2n) is 3.93. The molecule has 0 bridgehead atoms. The Balaban J connectivity index is 0.000000609. The van der Waals surface area contributed by atoms with Crippen LogP contribution in [0.1, 0.15) is 20.8 Å². The highest BCUT2D eigenvalue weighted by atomic mass is 16.1. The highest BCUT2D eigenvalue weighted by molar-refractivity contribution is 5.76. The van der Waals surface area contributed by atoms with Gasteiger partial charge in [-0.1, -0.05) is 50.3 Å². The molecule has 0 aliphatic carbocycles. The molecule has 23 heavy (non-hydrogen) atoms. The van der Waals surface area contributed by atoms with Crippen LogP contribution in [-0.2, 0) is 0 Å². The Labute approximate surface area is 137 Å². The fraction of sp³-hybridized carbons (Fsp3) is 0.222. The van der Waals surface area contributed by atoms with Gasteiger partial charge in [0.1, 0.15) is 11.5 Å². The fourth-order valence-corrected chi connectivity index (χ4v) is 1.68. The third kappa shape index (κ3) is 5.92. The molecule has 0 fully saturated rings. The van der Waals surface area contributed by atoms with Crippen molar-refractivity contribution in [2.75, 3.05) is 7.05 Å². The number of rotatable bonds is 1. The standard InChI is InChI=1S/C12H9N3O.C3H6.C2H6.CH5N/c16-12-9-6-7-13-11(9)14-10(15-12)8-4-2-1-3-5-8;1-3-2;2*1-2/h1-7H,(H2,13,14,15,16);3H,1H2,2H3;1-2H3;2H2,1H3. The van der Waals surface area contributed by atoms with E-state index < -0.39 is 0 Å². The highest BCUT2D eigenvalue weighted by Gasteiger charge is 2.05. The number of nitrogens with zero attached hydrogens (tertiary/aromatic N) is 1. The van der Waals surface area contributed by atoms with E-state index in [4.69, 9.17) is 0 Å². The van der Waals surface area contributed by atoms with Crippen LogP contribution < -0.4 is 11.3 Å². The molecule has 4 N–H and O–H groups in total. The number of hydrogen-bond acceptors (Lipinski definition) is 3. The van der Waals surface area contributed by atoms with Crippen LogP contribution in [0.15, 0.2) is 60.0 Å². The van der Waals surface area contributed by atoms with Crippen LogP contribution in [0.3, 0.4) is 0 Å². The number of nitrogens with one attached hydrogen (secondary N) is 2. The van der Waals surface area contributed by atoms with Gasteiger partial charge in [-0.15, -0.1) is 6.58 Å². The summed E-state index contributed by atoms with van der Waals surface area (Å²) in [7, 11) is 1.50. The first-order chi connectivity index (χ1) is 11.3. The van der Waals surface area contributed by atoms with E-state index in [1.165, 1.54) is 7.05 Å². The van der Waals surface area contributed by atoms with E-state index in [2.05, 4.69) is 27.3 Å². The molecule has 5 heteroatoms. The van der Waals surface area contributed by atoms with Gasteiger partial charge in [-0.2, -0.15) is 0 Å². The molecule has 3 aromatic rings. The van der Waals surface area contributed by atoms with Crippen LogP contribution in [0, 0.1) is 0 Å². The van der Waals surface area contributed by atoms with Crippen molar-refractivity contribution in [3.8, 4) is 11.4 Å². The number of allylic oxidation sites excluding steroid dienone is 1. The summed E-state index contributed by atoms with van der Waals surface area (Å²) in [5.74, 6) is 0.584. The van der Waals surface area contributed by atoms with Crippen molar-refractivity contribution in [1.82, 2.24) is 15.0 Å². The van der Waals surface area contributed by atoms with Crippen LogP contribution in [0.25, 0.3) is 22.4 Å². The Morgan fingerprint density at radius 2 is 1.70 bits per heavy atom. The van der Waals surface area contributed by atoms with E-state index in [-0.39, 0.29) is 5.56 Å². The highest BCUT2D eigenvalue weighted by Crippen LogP contribution is 2.14. The van der Waals surface area contributed by atoms with E-state index in [1.807, 2.05) is 51.1 Å². The minimum Gasteiger partial charge on any atom is -0.346 e. The quantitative estimate of drug-likeness (QED) is 0.598. The lowest BCUT2D eigenvalue weighted by Gasteiger charge is -1.99. The van der Waals surface area contributed by atoms with Gasteiger partial charge in [-0.25, -0.2) is 4.98 Å². The lowest BCUT2D eigenvalue weighted by atomic mass is 10.2. The summed E-state index contributed by atoms with van der Waals surface area (Å²) in [5, 5.41) is 0.583. The van der Waals surface area contributed by atoms with Gasteiger partial charge in [0.2, 0.25) is 0 Å². The summed E-state index contributed by atoms with van der Waals surface area (Å²) in [5.41, 5.74) is 5.89. The van der Waals surface area contributed by atoms with E-state index in [9.17, 15) is 4.79 Å². The molecule has 0 amide bonds. The molecule has 2 aromatic heterocycles. The molecule has 0 atom stereocenters. The predicted octanol–water partition coefficient (Wildman–Crippen LogP) is 3.71. The number of hydrogen-bond donors (Lipinski definition) is 3. The molecule has 5 nitrogen and oxygen atoms in total. The van der Waals surface area contributed by atoms with Crippen LogP contribution in [-0.4, -0.2) is 22.0 Å². The number of aromatic nitrogens is 3. The maximum absolute atomic E-state index is 11.7. The minimum absolute atomic E-state index is 0.120. The van der Waals surface area contributed by atoms with Crippen LogP contribution >= 0.6 is 0 Å². The van der Waals surface area contributed by atoms with Gasteiger partial charge >= 0.3 is 0 Å². The second-order valence-corrected chi connectivity index (χ2v) is 3.93. The maximum Gasteiger partial charge on any atom is 0.260 e. The van der Waals surface area contributed by atoms with Crippen molar-refractivity contribution in [2.45, 2.75) is 20.8 Å². The zero-order chi connectivity index (χ0) is 17.7. The van der Waals surface area contributed by atoms with E-state index in [1.54, 1.807) is 18.3 Å². The number of aromatic amines is 2. The summed E-state index contributed by atoms with van der Waals surface area (Å²) in [6, 6.07) is 11.3. The second kappa shape index (κ2) is 11.9. The number of fused-ring (bicyclic) bond motifs is 1. The fourth-order valence-electron chi connectivity index (χ4n) is 1.68. The molecular formula is C18H26N4O. The van der Waals surface area contributed by atoms with Gasteiger partial charge < -0.3 is 15.7 Å². The first-order valence-electron chi connectivity index (χ1n) is 7.54. The smallest absolute Gasteiger partial charge is 0.260 e. The zero-order valence-electron chi connectivity index (χ0n) is 14.3. The van der Waals surface area contributed by atoms with Gasteiger partial charge in [0.25, 0.3) is 5.56 Å². The molecule has 0 saturated heterocycles. The molecular weight excluding hydrogens is 288 g/mol. The van der Waals surface area contributed by atoms with Crippen molar-refractivity contribution in [1.29, 1.82) is 0 Å². The summed E-state index contributed by atoms with van der Waals surface area (Å²) >= 11 is 0. The Morgan fingerprint density at radius 1 is 1.13 bits per heavy atom. The molecule has 0 spiro atoms. The molecule has 3 rings (SSSR count). The largest absolute Gasteiger partial charge is 0.346 e. The van der Waals surface area contributed by atoms with Crippen molar-refractivity contribution in [2.24, 2.45) is 5.73 Å². The van der Waals surface area contributed by atoms with Gasteiger partial charge in [-0.05, 0) is 20.0 Å². The minimum atomic E-state index is -0.120. The Morgan fingerprint density at radius 3 is 2.26 bits per heavy atom. The molecule has 2 heterocycles. The van der Waals surface area contributed by atoms with Crippen LogP contribution in [0.2, 0.25) is 0 Å². The Kier molecular flexibility index (Phi) is 10.6. The number of H-pyrrole nitrogens is 2. The summed E-state index contributed by atoms with van der Waals surface area (Å²) in [6.07, 6.45) is 3.46. The van der Waals surface area contributed by atoms with E-state index in [0.29, 0.717) is 16.9 Å². The SMILES string of the molecule is C=CC.CC.CN.O=c1[nH]c(-c2ccccc2)nc2[nH]ccc12. The first-order valence-corrected chi connectivity index (χ1v) is 7.54. The lowest BCUT2D eigenvalue weighted by molar-refractivity contribution is 1.17. The predicted molar refractivity (Wildman–Crippen MR) is 99.5 cm³/mol. The van der Waals surface area contributed by atoms with E-state index in [0.717, 1.165) is 5.56 Å². The molecule has 0 unspecified atom stereocenters. The van der Waals surface area contributed by atoms with Crippen molar-refractivity contribution >= 4 is 11.0 Å². The summed E-state index contributed by atoms with van der Waals surface area (Å²) < 4.78 is 0. The molecule has 0 aliphatic rings. The van der Waals surface area contributed by atoms with Crippen LogP contribution in [0.5, 0.6) is 0 Å². The number of nitrogens with two attached hydrogens (primary N) is 1. The summed E-state index contributed by atoms with van der Waals surface area (Å²) in [4.78, 5) is 21.8. The first kappa shape index (κ1) is 20.3. The third-order valence-corrected chi connectivity index (χ3v) is 2.47. The van der Waals surface area contributed by atoms with Gasteiger partial charge in [0, 0.05) is 11.8 Å². The number of benzene rings is 1. The topological polar surface area (TPSA) is 87.6 Å². The summed E-state index contributed by atoms with van der Waals surface area (Å²) in [6.45, 7) is 9.25. The Bertz CT molecular complexity index is 729. The molecule has 0 saturated carbocycles. The average Bonchev–Trinajstić information content (AvgIpc) is 3.09. The van der Waals surface area contributed by atoms with Crippen molar-refractivity contribution < 1.29 is 0 Å².